The summed E-state index contributed by atoms with van der Waals surface area (Å²) in [6, 6.07) is 1.48. The van der Waals surface area contributed by atoms with Crippen LogP contribution in [0.5, 0.6) is 0 Å². The third-order valence-electron chi connectivity index (χ3n) is 2.17. The van der Waals surface area contributed by atoms with Crippen LogP contribution in [-0.4, -0.2) is 25.8 Å². The molecule has 0 aliphatic carbocycles. The molecule has 0 radical (unpaired) electrons. The number of nitrogens with zero attached hydrogens (tertiary/aromatic N) is 3. The number of furan rings is 1. The van der Waals surface area contributed by atoms with Gasteiger partial charge >= 0.3 is 5.97 Å². The minimum absolute atomic E-state index is 0.143. The molecule has 0 aliphatic rings. The average molecular weight is 221 g/mol. The van der Waals surface area contributed by atoms with Gasteiger partial charge in [-0.3, -0.25) is 0 Å². The molecule has 6 nitrogen and oxygen atoms in total. The number of carboxylic acids is 1. The van der Waals surface area contributed by atoms with Crippen molar-refractivity contribution in [1.82, 2.24) is 14.8 Å². The molecule has 6 heteroatoms. The summed E-state index contributed by atoms with van der Waals surface area (Å²) in [5.74, 6) is 1.00. The minimum atomic E-state index is -0.999. The van der Waals surface area contributed by atoms with Gasteiger partial charge in [-0.1, -0.05) is 0 Å². The molecule has 0 saturated carbocycles. The van der Waals surface area contributed by atoms with Crippen LogP contribution in [0.3, 0.4) is 0 Å². The van der Waals surface area contributed by atoms with Crippen molar-refractivity contribution in [2.24, 2.45) is 0 Å². The number of carboxylic acid groups (broad SMARTS) is 1. The van der Waals surface area contributed by atoms with Crippen molar-refractivity contribution < 1.29 is 14.3 Å². The van der Waals surface area contributed by atoms with Gasteiger partial charge in [0, 0.05) is 0 Å². The van der Waals surface area contributed by atoms with Crippen LogP contribution in [0.2, 0.25) is 0 Å². The van der Waals surface area contributed by atoms with E-state index in [0.717, 1.165) is 5.82 Å². The van der Waals surface area contributed by atoms with E-state index in [1.54, 1.807) is 11.6 Å². The molecule has 2 aromatic heterocycles. The second kappa shape index (κ2) is 3.80. The summed E-state index contributed by atoms with van der Waals surface area (Å²) in [5.41, 5.74) is 0.143. The van der Waals surface area contributed by atoms with Crippen molar-refractivity contribution in [2.45, 2.75) is 20.4 Å². The largest absolute Gasteiger partial charge is 0.478 e. The highest BCUT2D eigenvalue weighted by Crippen LogP contribution is 2.10. The second-order valence-electron chi connectivity index (χ2n) is 3.47. The SMILES string of the molecule is Cc1nc(C)n(Cc2cc(C(=O)O)co2)n1. The Hall–Kier alpha value is -2.11. The van der Waals surface area contributed by atoms with Crippen molar-refractivity contribution in [3.8, 4) is 0 Å². The normalized spacial score (nSPS) is 10.6. The minimum Gasteiger partial charge on any atom is -0.478 e. The summed E-state index contributed by atoms with van der Waals surface area (Å²) in [6.45, 7) is 4.02. The monoisotopic (exact) mass is 221 g/mol. The third kappa shape index (κ3) is 1.95. The van der Waals surface area contributed by atoms with Gasteiger partial charge in [-0.05, 0) is 19.9 Å². The summed E-state index contributed by atoms with van der Waals surface area (Å²) >= 11 is 0. The van der Waals surface area contributed by atoms with Gasteiger partial charge in [0.1, 0.15) is 30.2 Å². The van der Waals surface area contributed by atoms with Crippen LogP contribution in [0.25, 0.3) is 0 Å². The van der Waals surface area contributed by atoms with Gasteiger partial charge in [-0.25, -0.2) is 14.5 Å². The Kier molecular flexibility index (Phi) is 2.47. The maximum atomic E-state index is 10.6. The quantitative estimate of drug-likeness (QED) is 0.843. The Morgan fingerprint density at radius 3 is 2.81 bits per heavy atom. The number of aromatic nitrogens is 3. The fraction of sp³-hybridized carbons (Fsp3) is 0.300. The van der Waals surface area contributed by atoms with Gasteiger partial charge in [0.05, 0.1) is 5.56 Å². The van der Waals surface area contributed by atoms with Crippen molar-refractivity contribution in [1.29, 1.82) is 0 Å². The first-order valence-corrected chi connectivity index (χ1v) is 4.75. The number of hydrogen-bond donors (Lipinski definition) is 1. The lowest BCUT2D eigenvalue weighted by Crippen LogP contribution is -2.03. The van der Waals surface area contributed by atoms with Crippen LogP contribution in [0.4, 0.5) is 0 Å². The van der Waals surface area contributed by atoms with Crippen molar-refractivity contribution in [3.63, 3.8) is 0 Å². The standard InChI is InChI=1S/C10H11N3O3/c1-6-11-7(2)13(12-6)4-9-3-8(5-16-9)10(14)15/h3,5H,4H2,1-2H3,(H,14,15). The Morgan fingerprint density at radius 1 is 1.56 bits per heavy atom. The third-order valence-corrected chi connectivity index (χ3v) is 2.17. The van der Waals surface area contributed by atoms with E-state index < -0.39 is 5.97 Å². The molecule has 0 saturated heterocycles. The Balaban J connectivity index is 2.20. The molecule has 84 valence electrons. The van der Waals surface area contributed by atoms with Gasteiger partial charge < -0.3 is 9.52 Å². The predicted molar refractivity (Wildman–Crippen MR) is 54.3 cm³/mol. The molecule has 0 spiro atoms. The van der Waals surface area contributed by atoms with Crippen LogP contribution in [0.15, 0.2) is 16.7 Å². The lowest BCUT2D eigenvalue weighted by atomic mass is 10.3. The molecule has 1 N–H and O–H groups in total. The predicted octanol–water partition coefficient (Wildman–Crippen LogP) is 1.23. The average Bonchev–Trinajstić information content (AvgIpc) is 2.75. The Morgan fingerprint density at radius 2 is 2.31 bits per heavy atom. The van der Waals surface area contributed by atoms with E-state index in [9.17, 15) is 4.79 Å². The lowest BCUT2D eigenvalue weighted by Gasteiger charge is -1.98. The molecule has 2 heterocycles. The van der Waals surface area contributed by atoms with Crippen molar-refractivity contribution in [2.75, 3.05) is 0 Å². The maximum Gasteiger partial charge on any atom is 0.338 e. The Labute approximate surface area is 91.5 Å². The molecule has 0 aromatic carbocycles. The van der Waals surface area contributed by atoms with Gasteiger partial charge in [-0.2, -0.15) is 5.10 Å². The fourth-order valence-electron chi connectivity index (χ4n) is 1.43. The number of hydrogen-bond acceptors (Lipinski definition) is 4. The van der Waals surface area contributed by atoms with E-state index in [2.05, 4.69) is 10.1 Å². The van der Waals surface area contributed by atoms with E-state index in [1.165, 1.54) is 12.3 Å². The lowest BCUT2D eigenvalue weighted by molar-refractivity contribution is 0.0696. The highest BCUT2D eigenvalue weighted by Gasteiger charge is 2.10. The van der Waals surface area contributed by atoms with Crippen LogP contribution >= 0.6 is 0 Å². The molecule has 0 atom stereocenters. The van der Waals surface area contributed by atoms with Gasteiger partial charge in [0.25, 0.3) is 0 Å². The maximum absolute atomic E-state index is 10.6. The first-order chi connectivity index (χ1) is 7.56. The Bertz CT molecular complexity index is 527. The highest BCUT2D eigenvalue weighted by atomic mass is 16.4. The first kappa shape index (κ1) is 10.4. The fourth-order valence-corrected chi connectivity index (χ4v) is 1.43. The summed E-state index contributed by atoms with van der Waals surface area (Å²) in [6.07, 6.45) is 1.22. The molecule has 0 unspecified atom stereocenters. The van der Waals surface area contributed by atoms with E-state index in [0.29, 0.717) is 18.1 Å². The van der Waals surface area contributed by atoms with E-state index in [-0.39, 0.29) is 5.56 Å². The molecule has 2 aromatic rings. The summed E-state index contributed by atoms with van der Waals surface area (Å²) in [7, 11) is 0. The summed E-state index contributed by atoms with van der Waals surface area (Å²) in [5, 5.41) is 12.9. The molecule has 16 heavy (non-hydrogen) atoms. The topological polar surface area (TPSA) is 81.2 Å². The zero-order valence-corrected chi connectivity index (χ0v) is 8.97. The second-order valence-corrected chi connectivity index (χ2v) is 3.47. The van der Waals surface area contributed by atoms with Gasteiger partial charge in [0.2, 0.25) is 0 Å². The van der Waals surface area contributed by atoms with Gasteiger partial charge in [-0.15, -0.1) is 0 Å². The highest BCUT2D eigenvalue weighted by molar-refractivity contribution is 5.87. The number of carbonyl (C=O) groups is 1. The smallest absolute Gasteiger partial charge is 0.338 e. The molecule has 0 fully saturated rings. The first-order valence-electron chi connectivity index (χ1n) is 4.75. The molecule has 0 amide bonds. The van der Waals surface area contributed by atoms with Crippen molar-refractivity contribution in [3.05, 3.63) is 35.3 Å². The van der Waals surface area contributed by atoms with Crippen molar-refractivity contribution >= 4 is 5.97 Å². The number of rotatable bonds is 3. The molecule has 0 aliphatic heterocycles. The van der Waals surface area contributed by atoms with E-state index >= 15 is 0 Å². The van der Waals surface area contributed by atoms with Crippen LogP contribution in [0, 0.1) is 13.8 Å². The van der Waals surface area contributed by atoms with Crippen LogP contribution < -0.4 is 0 Å². The zero-order chi connectivity index (χ0) is 11.7. The number of aryl methyl sites for hydroxylation is 2. The molecule has 2 rings (SSSR count). The van der Waals surface area contributed by atoms with E-state index in [1.807, 2.05) is 6.92 Å². The number of aromatic carboxylic acids is 1. The molecular weight excluding hydrogens is 210 g/mol. The van der Waals surface area contributed by atoms with Crippen LogP contribution in [0.1, 0.15) is 27.8 Å². The van der Waals surface area contributed by atoms with E-state index in [4.69, 9.17) is 9.52 Å². The summed E-state index contributed by atoms with van der Waals surface area (Å²) in [4.78, 5) is 14.8. The zero-order valence-electron chi connectivity index (χ0n) is 8.97. The van der Waals surface area contributed by atoms with Gasteiger partial charge in [0.15, 0.2) is 0 Å². The molecule has 0 bridgehead atoms. The van der Waals surface area contributed by atoms with Crippen LogP contribution in [-0.2, 0) is 6.54 Å². The summed E-state index contributed by atoms with van der Waals surface area (Å²) < 4.78 is 6.79. The molecular formula is C10H11N3O3.